The summed E-state index contributed by atoms with van der Waals surface area (Å²) < 4.78 is 11.0. The summed E-state index contributed by atoms with van der Waals surface area (Å²) in [4.78, 5) is 0. The van der Waals surface area contributed by atoms with Gasteiger partial charge < -0.3 is 15.2 Å². The van der Waals surface area contributed by atoms with Crippen molar-refractivity contribution in [3.8, 4) is 0 Å². The van der Waals surface area contributed by atoms with Crippen molar-refractivity contribution in [2.75, 3.05) is 26.4 Å². The first-order chi connectivity index (χ1) is 9.00. The Kier molecular flexibility index (Phi) is 7.06. The van der Waals surface area contributed by atoms with Gasteiger partial charge in [0.25, 0.3) is 0 Å². The molecule has 108 valence electrons. The van der Waals surface area contributed by atoms with Crippen molar-refractivity contribution >= 4 is 0 Å². The highest BCUT2D eigenvalue weighted by Gasteiger charge is 2.09. The van der Waals surface area contributed by atoms with E-state index in [2.05, 4.69) is 45.9 Å². The SMILES string of the molecule is Cc1ccc(C)c(C(N)COCCOCC(C)C)c1. The normalized spacial score (nSPS) is 12.9. The summed E-state index contributed by atoms with van der Waals surface area (Å²) in [6.45, 7) is 11.0. The number of benzene rings is 1. The fourth-order valence-electron chi connectivity index (χ4n) is 1.90. The van der Waals surface area contributed by atoms with E-state index in [4.69, 9.17) is 15.2 Å². The highest BCUT2D eigenvalue weighted by molar-refractivity contribution is 5.32. The number of nitrogens with two attached hydrogens (primary N) is 1. The Morgan fingerprint density at radius 3 is 2.32 bits per heavy atom. The Bertz CT molecular complexity index is 377. The molecule has 3 heteroatoms. The highest BCUT2D eigenvalue weighted by atomic mass is 16.5. The minimum atomic E-state index is -0.0648. The molecule has 1 aromatic carbocycles. The maximum atomic E-state index is 6.16. The van der Waals surface area contributed by atoms with Gasteiger partial charge in [-0.25, -0.2) is 0 Å². The van der Waals surface area contributed by atoms with Crippen LogP contribution in [0.5, 0.6) is 0 Å². The zero-order chi connectivity index (χ0) is 14.3. The molecule has 3 nitrogen and oxygen atoms in total. The lowest BCUT2D eigenvalue weighted by molar-refractivity contribution is 0.0333. The molecule has 0 aromatic heterocycles. The topological polar surface area (TPSA) is 44.5 Å². The van der Waals surface area contributed by atoms with Gasteiger partial charge in [0.15, 0.2) is 0 Å². The second-order valence-corrected chi connectivity index (χ2v) is 5.51. The molecule has 1 aromatic rings. The lowest BCUT2D eigenvalue weighted by Gasteiger charge is -2.16. The van der Waals surface area contributed by atoms with Crippen LogP contribution in [-0.2, 0) is 9.47 Å². The molecule has 1 unspecified atom stereocenters. The Balaban J connectivity index is 2.27. The van der Waals surface area contributed by atoms with Gasteiger partial charge in [0.1, 0.15) is 0 Å². The van der Waals surface area contributed by atoms with Crippen LogP contribution in [-0.4, -0.2) is 26.4 Å². The minimum Gasteiger partial charge on any atom is -0.379 e. The molecule has 0 aliphatic heterocycles. The van der Waals surface area contributed by atoms with Crippen molar-refractivity contribution in [1.82, 2.24) is 0 Å². The average Bonchev–Trinajstić information content (AvgIpc) is 2.36. The molecule has 0 bridgehead atoms. The fraction of sp³-hybridized carbons (Fsp3) is 0.625. The molecule has 1 rings (SSSR count). The maximum absolute atomic E-state index is 6.16. The average molecular weight is 265 g/mol. The predicted octanol–water partition coefficient (Wildman–Crippen LogP) is 2.99. The molecule has 0 saturated heterocycles. The molecular formula is C16H27NO2. The first-order valence-electron chi connectivity index (χ1n) is 6.99. The molecule has 0 amide bonds. The Morgan fingerprint density at radius 2 is 1.68 bits per heavy atom. The number of ether oxygens (including phenoxy) is 2. The quantitative estimate of drug-likeness (QED) is 0.735. The minimum absolute atomic E-state index is 0.0648. The molecule has 0 heterocycles. The lowest BCUT2D eigenvalue weighted by atomic mass is 10.00. The second-order valence-electron chi connectivity index (χ2n) is 5.51. The van der Waals surface area contributed by atoms with Gasteiger partial charge in [-0.15, -0.1) is 0 Å². The first kappa shape index (κ1) is 16.2. The van der Waals surface area contributed by atoms with Crippen LogP contribution in [0.3, 0.4) is 0 Å². The largest absolute Gasteiger partial charge is 0.379 e. The third kappa shape index (κ3) is 6.19. The summed E-state index contributed by atoms with van der Waals surface area (Å²) >= 11 is 0. The Morgan fingerprint density at radius 1 is 1.05 bits per heavy atom. The first-order valence-corrected chi connectivity index (χ1v) is 6.99. The molecule has 0 saturated carbocycles. The van der Waals surface area contributed by atoms with Crippen molar-refractivity contribution < 1.29 is 9.47 Å². The number of aryl methyl sites for hydroxylation is 2. The molecule has 0 aliphatic rings. The zero-order valence-electron chi connectivity index (χ0n) is 12.6. The summed E-state index contributed by atoms with van der Waals surface area (Å²) in [5.74, 6) is 0.567. The van der Waals surface area contributed by atoms with Gasteiger partial charge in [0.05, 0.1) is 25.9 Å². The smallest absolute Gasteiger partial charge is 0.0701 e. The molecule has 0 aliphatic carbocycles. The second kappa shape index (κ2) is 8.31. The van der Waals surface area contributed by atoms with E-state index in [-0.39, 0.29) is 6.04 Å². The van der Waals surface area contributed by atoms with E-state index in [1.807, 2.05) is 0 Å². The summed E-state index contributed by atoms with van der Waals surface area (Å²) in [6.07, 6.45) is 0. The molecule has 0 radical (unpaired) electrons. The van der Waals surface area contributed by atoms with E-state index in [1.165, 1.54) is 16.7 Å². The van der Waals surface area contributed by atoms with Crippen LogP contribution in [0, 0.1) is 19.8 Å². The van der Waals surface area contributed by atoms with Gasteiger partial charge in [0.2, 0.25) is 0 Å². The van der Waals surface area contributed by atoms with Gasteiger partial charge >= 0.3 is 0 Å². The highest BCUT2D eigenvalue weighted by Crippen LogP contribution is 2.17. The summed E-state index contributed by atoms with van der Waals surface area (Å²) in [5, 5.41) is 0. The van der Waals surface area contributed by atoms with Gasteiger partial charge in [-0.2, -0.15) is 0 Å². The summed E-state index contributed by atoms with van der Waals surface area (Å²) in [6, 6.07) is 6.28. The lowest BCUT2D eigenvalue weighted by Crippen LogP contribution is -2.20. The van der Waals surface area contributed by atoms with E-state index in [9.17, 15) is 0 Å². The van der Waals surface area contributed by atoms with E-state index in [0.29, 0.717) is 25.7 Å². The fourth-order valence-corrected chi connectivity index (χ4v) is 1.90. The standard InChI is InChI=1S/C16H27NO2/c1-12(2)10-18-7-8-19-11-16(17)15-9-13(3)5-6-14(15)4/h5-6,9,12,16H,7-8,10-11,17H2,1-4H3. The van der Waals surface area contributed by atoms with Gasteiger partial charge in [-0.1, -0.05) is 37.6 Å². The number of hydrogen-bond acceptors (Lipinski definition) is 3. The zero-order valence-corrected chi connectivity index (χ0v) is 12.6. The van der Waals surface area contributed by atoms with E-state index in [0.717, 1.165) is 6.61 Å². The van der Waals surface area contributed by atoms with Crippen molar-refractivity contribution in [2.45, 2.75) is 33.7 Å². The van der Waals surface area contributed by atoms with Gasteiger partial charge in [-0.05, 0) is 30.9 Å². The predicted molar refractivity (Wildman–Crippen MR) is 79.3 cm³/mol. The van der Waals surface area contributed by atoms with Gasteiger partial charge in [0, 0.05) is 6.61 Å². The molecule has 0 fully saturated rings. The van der Waals surface area contributed by atoms with Crippen molar-refractivity contribution in [3.05, 3.63) is 34.9 Å². The molecule has 2 N–H and O–H groups in total. The summed E-state index contributed by atoms with van der Waals surface area (Å²) in [7, 11) is 0. The Hall–Kier alpha value is -0.900. The third-order valence-corrected chi connectivity index (χ3v) is 2.95. The van der Waals surface area contributed by atoms with Crippen molar-refractivity contribution in [1.29, 1.82) is 0 Å². The Labute approximate surface area is 117 Å². The van der Waals surface area contributed by atoms with Crippen LogP contribution in [0.15, 0.2) is 18.2 Å². The molecule has 19 heavy (non-hydrogen) atoms. The van der Waals surface area contributed by atoms with Crippen LogP contribution in [0.4, 0.5) is 0 Å². The van der Waals surface area contributed by atoms with Crippen LogP contribution in [0.1, 0.15) is 36.6 Å². The van der Waals surface area contributed by atoms with Gasteiger partial charge in [-0.3, -0.25) is 0 Å². The van der Waals surface area contributed by atoms with Crippen LogP contribution in [0.25, 0.3) is 0 Å². The van der Waals surface area contributed by atoms with E-state index < -0.39 is 0 Å². The number of rotatable bonds is 8. The maximum Gasteiger partial charge on any atom is 0.0701 e. The summed E-state index contributed by atoms with van der Waals surface area (Å²) in [5.41, 5.74) is 9.78. The molecule has 1 atom stereocenters. The third-order valence-electron chi connectivity index (χ3n) is 2.95. The van der Waals surface area contributed by atoms with E-state index in [1.54, 1.807) is 0 Å². The molecule has 0 spiro atoms. The van der Waals surface area contributed by atoms with Crippen LogP contribution in [0.2, 0.25) is 0 Å². The number of hydrogen-bond donors (Lipinski definition) is 1. The monoisotopic (exact) mass is 265 g/mol. The molecular weight excluding hydrogens is 238 g/mol. The van der Waals surface area contributed by atoms with Crippen molar-refractivity contribution in [2.24, 2.45) is 11.7 Å². The van der Waals surface area contributed by atoms with Crippen LogP contribution < -0.4 is 5.73 Å². The van der Waals surface area contributed by atoms with E-state index >= 15 is 0 Å². The van der Waals surface area contributed by atoms with Crippen LogP contribution >= 0.6 is 0 Å². The van der Waals surface area contributed by atoms with Crippen molar-refractivity contribution in [3.63, 3.8) is 0 Å².